The molecule has 0 aromatic rings. The summed E-state index contributed by atoms with van der Waals surface area (Å²) in [4.78, 5) is 10.0. The van der Waals surface area contributed by atoms with E-state index >= 15 is 0 Å². The maximum absolute atomic E-state index is 10.0. The number of aliphatic hydroxyl groups is 2. The van der Waals surface area contributed by atoms with Crippen LogP contribution in [0.15, 0.2) is 0 Å². The van der Waals surface area contributed by atoms with Crippen LogP contribution in [0.4, 0.5) is 4.79 Å². The summed E-state index contributed by atoms with van der Waals surface area (Å²) < 4.78 is 8.90. The van der Waals surface area contributed by atoms with Crippen LogP contribution in [-0.4, -0.2) is 41.8 Å². The zero-order valence-corrected chi connectivity index (χ0v) is 7.90. The lowest BCUT2D eigenvalue weighted by atomic mass is 10.3. The maximum Gasteiger partial charge on any atom is 0.508 e. The van der Waals surface area contributed by atoms with E-state index in [-0.39, 0.29) is 18.8 Å². The quantitative estimate of drug-likeness (QED) is 0.615. The van der Waals surface area contributed by atoms with Crippen molar-refractivity contribution in [2.24, 2.45) is 0 Å². The number of aliphatic hydroxyl groups excluding tert-OH is 2. The molecule has 5 heteroatoms. The summed E-state index contributed by atoms with van der Waals surface area (Å²) in [5.41, 5.74) is 0. The number of cyclic esters (lactones) is 2. The van der Waals surface area contributed by atoms with Crippen molar-refractivity contribution in [3.05, 3.63) is 0 Å². The van der Waals surface area contributed by atoms with E-state index in [9.17, 15) is 4.79 Å². The van der Waals surface area contributed by atoms with Gasteiger partial charge < -0.3 is 19.7 Å². The molecule has 1 saturated heterocycles. The van der Waals surface area contributed by atoms with Crippen molar-refractivity contribution in [1.82, 2.24) is 0 Å². The van der Waals surface area contributed by atoms with E-state index in [0.29, 0.717) is 13.0 Å². The molecule has 1 rings (SSSR count). The van der Waals surface area contributed by atoms with Gasteiger partial charge in [-0.1, -0.05) is 0 Å². The zero-order valence-electron chi connectivity index (χ0n) is 7.90. The van der Waals surface area contributed by atoms with Gasteiger partial charge >= 0.3 is 6.16 Å². The van der Waals surface area contributed by atoms with Gasteiger partial charge in [-0.15, -0.1) is 0 Å². The first-order valence-electron chi connectivity index (χ1n) is 4.18. The van der Waals surface area contributed by atoms with Crippen molar-refractivity contribution in [2.75, 3.05) is 13.2 Å². The fourth-order valence-electron chi connectivity index (χ4n) is 0.605. The van der Waals surface area contributed by atoms with Gasteiger partial charge in [0, 0.05) is 6.61 Å². The lowest BCUT2D eigenvalue weighted by molar-refractivity contribution is 0.121. The Hall–Kier alpha value is -0.810. The Morgan fingerprint density at radius 3 is 2.38 bits per heavy atom. The molecule has 2 N–H and O–H groups in total. The van der Waals surface area contributed by atoms with Crippen LogP contribution in [0.5, 0.6) is 0 Å². The van der Waals surface area contributed by atoms with Gasteiger partial charge in [0.2, 0.25) is 0 Å². The Kier molecular flexibility index (Phi) is 6.26. The maximum atomic E-state index is 10.0. The number of hydrogen-bond acceptors (Lipinski definition) is 5. The third kappa shape index (κ3) is 7.55. The van der Waals surface area contributed by atoms with Crippen LogP contribution < -0.4 is 0 Å². The average Bonchev–Trinajstić information content (AvgIpc) is 2.35. The van der Waals surface area contributed by atoms with Crippen LogP contribution in [0, 0.1) is 0 Å². The molecule has 0 aromatic heterocycles. The van der Waals surface area contributed by atoms with Crippen LogP contribution in [0.3, 0.4) is 0 Å². The molecule has 0 aromatic carbocycles. The molecule has 0 spiro atoms. The van der Waals surface area contributed by atoms with E-state index in [2.05, 4.69) is 9.47 Å². The zero-order chi connectivity index (χ0) is 10.3. The van der Waals surface area contributed by atoms with Gasteiger partial charge in [-0.2, -0.15) is 0 Å². The Morgan fingerprint density at radius 2 is 2.31 bits per heavy atom. The lowest BCUT2D eigenvalue weighted by Crippen LogP contribution is -2.01. The van der Waals surface area contributed by atoms with Crippen molar-refractivity contribution < 1.29 is 24.5 Å². The van der Waals surface area contributed by atoms with Crippen LogP contribution in [0.2, 0.25) is 0 Å². The normalized spacial score (nSPS) is 22.5. The van der Waals surface area contributed by atoms with Gasteiger partial charge in [-0.05, 0) is 20.3 Å². The predicted octanol–water partition coefficient (Wildman–Crippen LogP) is 0.291. The van der Waals surface area contributed by atoms with E-state index in [0.717, 1.165) is 0 Å². The molecule has 0 saturated carbocycles. The van der Waals surface area contributed by atoms with Gasteiger partial charge in [0.15, 0.2) is 0 Å². The van der Waals surface area contributed by atoms with Crippen molar-refractivity contribution in [3.8, 4) is 0 Å². The van der Waals surface area contributed by atoms with Gasteiger partial charge in [0.25, 0.3) is 0 Å². The second kappa shape index (κ2) is 6.68. The van der Waals surface area contributed by atoms with E-state index in [4.69, 9.17) is 10.2 Å². The molecule has 1 aliphatic rings. The number of carbonyl (C=O) groups excluding carboxylic acids is 1. The Labute approximate surface area is 77.3 Å². The summed E-state index contributed by atoms with van der Waals surface area (Å²) in [5, 5.41) is 16.5. The van der Waals surface area contributed by atoms with Crippen LogP contribution >= 0.6 is 0 Å². The molecule has 13 heavy (non-hydrogen) atoms. The minimum absolute atomic E-state index is 0.0486. The van der Waals surface area contributed by atoms with Gasteiger partial charge in [-0.25, -0.2) is 4.79 Å². The third-order valence-electron chi connectivity index (χ3n) is 1.28. The summed E-state index contributed by atoms with van der Waals surface area (Å²) in [6.07, 6.45) is -0.463. The number of rotatable bonds is 2. The number of carbonyl (C=O) groups is 1. The van der Waals surface area contributed by atoms with Crippen LogP contribution in [0.25, 0.3) is 0 Å². The molecular weight excluding hydrogens is 176 g/mol. The molecule has 1 heterocycles. The first kappa shape index (κ1) is 12.2. The Morgan fingerprint density at radius 1 is 1.69 bits per heavy atom. The third-order valence-corrected chi connectivity index (χ3v) is 1.28. The van der Waals surface area contributed by atoms with Gasteiger partial charge in [0.05, 0.1) is 6.10 Å². The topological polar surface area (TPSA) is 76.0 Å². The highest BCUT2D eigenvalue weighted by atomic mass is 16.8. The standard InChI is InChI=1S/C4H6O3.C4H10O2/c1-3-2-6-4(5)7-3;1-4(6)2-3-5/h3H,2H2,1H3;4-6H,2-3H2,1H3. The predicted molar refractivity (Wildman–Crippen MR) is 45.3 cm³/mol. The molecule has 1 fully saturated rings. The monoisotopic (exact) mass is 192 g/mol. The van der Waals surface area contributed by atoms with Crippen molar-refractivity contribution in [1.29, 1.82) is 0 Å². The second-order valence-corrected chi connectivity index (χ2v) is 2.85. The SMILES string of the molecule is CC(O)CCO.CC1COC(=O)O1. The Balaban J connectivity index is 0.000000226. The second-order valence-electron chi connectivity index (χ2n) is 2.85. The van der Waals surface area contributed by atoms with Crippen molar-refractivity contribution in [2.45, 2.75) is 32.5 Å². The molecule has 78 valence electrons. The summed E-state index contributed by atoms with van der Waals surface area (Å²) in [7, 11) is 0. The Bertz CT molecular complexity index is 145. The largest absolute Gasteiger partial charge is 0.508 e. The summed E-state index contributed by atoms with van der Waals surface area (Å²) >= 11 is 0. The molecule has 1 aliphatic heterocycles. The minimum atomic E-state index is -0.549. The highest BCUT2D eigenvalue weighted by Gasteiger charge is 2.19. The van der Waals surface area contributed by atoms with E-state index in [1.165, 1.54) is 0 Å². The smallest absolute Gasteiger partial charge is 0.430 e. The molecule has 0 radical (unpaired) electrons. The average molecular weight is 192 g/mol. The molecule has 5 nitrogen and oxygen atoms in total. The first-order valence-corrected chi connectivity index (χ1v) is 4.18. The number of hydrogen-bond donors (Lipinski definition) is 2. The summed E-state index contributed by atoms with van der Waals surface area (Å²) in [5.74, 6) is 0. The summed E-state index contributed by atoms with van der Waals surface area (Å²) in [6.45, 7) is 3.91. The number of ether oxygens (including phenoxy) is 2. The summed E-state index contributed by atoms with van der Waals surface area (Å²) in [6, 6.07) is 0. The molecular formula is C8H16O5. The van der Waals surface area contributed by atoms with Crippen LogP contribution in [-0.2, 0) is 9.47 Å². The highest BCUT2D eigenvalue weighted by molar-refractivity contribution is 5.61. The molecule has 2 unspecified atom stereocenters. The van der Waals surface area contributed by atoms with Crippen LogP contribution in [0.1, 0.15) is 20.3 Å². The molecule has 0 aliphatic carbocycles. The highest BCUT2D eigenvalue weighted by Crippen LogP contribution is 2.02. The first-order chi connectivity index (χ1) is 6.06. The van der Waals surface area contributed by atoms with Gasteiger partial charge in [-0.3, -0.25) is 0 Å². The lowest BCUT2D eigenvalue weighted by Gasteiger charge is -1.95. The fourth-order valence-corrected chi connectivity index (χ4v) is 0.605. The minimum Gasteiger partial charge on any atom is -0.430 e. The van der Waals surface area contributed by atoms with E-state index < -0.39 is 6.16 Å². The van der Waals surface area contributed by atoms with Crippen molar-refractivity contribution in [3.63, 3.8) is 0 Å². The van der Waals surface area contributed by atoms with Gasteiger partial charge in [0.1, 0.15) is 12.7 Å². The molecule has 0 amide bonds. The van der Waals surface area contributed by atoms with E-state index in [1.807, 2.05) is 0 Å². The van der Waals surface area contributed by atoms with E-state index in [1.54, 1.807) is 13.8 Å². The molecule has 2 atom stereocenters. The fraction of sp³-hybridized carbons (Fsp3) is 0.875. The molecule has 0 bridgehead atoms. The van der Waals surface area contributed by atoms with Crippen molar-refractivity contribution >= 4 is 6.16 Å².